The molecule has 3 atom stereocenters. The van der Waals surface area contributed by atoms with Gasteiger partial charge < -0.3 is 14.2 Å². The van der Waals surface area contributed by atoms with Crippen LogP contribution in [0.1, 0.15) is 39.6 Å². The summed E-state index contributed by atoms with van der Waals surface area (Å²) in [4.78, 5) is 7.88. The van der Waals surface area contributed by atoms with E-state index in [-0.39, 0.29) is 6.04 Å². The summed E-state index contributed by atoms with van der Waals surface area (Å²) in [5.74, 6) is 0.353. The maximum Gasteiger partial charge on any atom is 0.159 e. The zero-order valence-corrected chi connectivity index (χ0v) is 29.3. The van der Waals surface area contributed by atoms with Crippen molar-refractivity contribution >= 4 is 77.9 Å². The number of nitrogens with zero attached hydrogens (tertiary/aromatic N) is 2. The van der Waals surface area contributed by atoms with E-state index in [1.807, 2.05) is 29.2 Å². The molecule has 5 heteroatoms. The Hall–Kier alpha value is -5.49. The van der Waals surface area contributed by atoms with Gasteiger partial charge in [0.25, 0.3) is 0 Å². The summed E-state index contributed by atoms with van der Waals surface area (Å²) >= 11 is 3.98. The van der Waals surface area contributed by atoms with Crippen LogP contribution in [0.15, 0.2) is 179 Å². The Balaban J connectivity index is 1.04. The van der Waals surface area contributed by atoms with E-state index in [0.29, 0.717) is 11.2 Å². The number of para-hydroxylation sites is 2. The minimum Gasteiger partial charge on any atom is -0.454 e. The van der Waals surface area contributed by atoms with Crippen molar-refractivity contribution in [2.75, 3.05) is 9.80 Å². The molecule has 0 radical (unpaired) electrons. The molecule has 8 aromatic rings. The molecular formula is C46H32N2OS2. The summed E-state index contributed by atoms with van der Waals surface area (Å²) in [6.45, 7) is 0. The van der Waals surface area contributed by atoms with Crippen molar-refractivity contribution in [2.45, 2.75) is 28.5 Å². The summed E-state index contributed by atoms with van der Waals surface area (Å²) in [7, 11) is 0. The number of hydrogen-bond donors (Lipinski definition) is 0. The molecule has 244 valence electrons. The maximum atomic E-state index is 6.62. The van der Waals surface area contributed by atoms with E-state index < -0.39 is 0 Å². The summed E-state index contributed by atoms with van der Waals surface area (Å²) < 4.78 is 7.98. The number of thioether (sulfide) groups is 1. The van der Waals surface area contributed by atoms with Crippen LogP contribution in [-0.4, -0.2) is 0 Å². The fourth-order valence-corrected chi connectivity index (χ4v) is 11.3. The van der Waals surface area contributed by atoms with Crippen LogP contribution in [0.5, 0.6) is 0 Å². The van der Waals surface area contributed by atoms with Gasteiger partial charge in [-0.2, -0.15) is 0 Å². The van der Waals surface area contributed by atoms with E-state index in [1.165, 1.54) is 42.4 Å². The largest absolute Gasteiger partial charge is 0.454 e. The van der Waals surface area contributed by atoms with Crippen LogP contribution in [0.2, 0.25) is 0 Å². The Labute approximate surface area is 304 Å². The Bertz CT molecular complexity index is 2690. The van der Waals surface area contributed by atoms with Crippen molar-refractivity contribution in [3.63, 3.8) is 0 Å². The summed E-state index contributed by atoms with van der Waals surface area (Å²) in [5, 5.41) is 3.99. The first kappa shape index (κ1) is 29.3. The quantitative estimate of drug-likeness (QED) is 0.179. The molecule has 0 saturated carbocycles. The van der Waals surface area contributed by atoms with E-state index in [0.717, 1.165) is 45.4 Å². The third-order valence-electron chi connectivity index (χ3n) is 10.7. The molecule has 0 spiro atoms. The van der Waals surface area contributed by atoms with Crippen molar-refractivity contribution in [2.24, 2.45) is 0 Å². The van der Waals surface area contributed by atoms with Crippen LogP contribution in [0, 0.1) is 0 Å². The predicted octanol–water partition coefficient (Wildman–Crippen LogP) is 13.6. The SMILES string of the molecule is C1=CC(c2ccccc2)CC=C1N(c1ccc(N2c3c(sc4ccccc34)C3Sc4ccccc4C32)cc1)c1cccc2c1oc1ccccc12. The van der Waals surface area contributed by atoms with Gasteiger partial charge >= 0.3 is 0 Å². The fourth-order valence-electron chi connectivity index (χ4n) is 8.41. The molecule has 51 heavy (non-hydrogen) atoms. The third-order valence-corrected chi connectivity index (χ3v) is 13.5. The van der Waals surface area contributed by atoms with Crippen molar-refractivity contribution in [3.8, 4) is 0 Å². The molecule has 3 unspecified atom stereocenters. The summed E-state index contributed by atoms with van der Waals surface area (Å²) in [6, 6.07) is 53.1. The van der Waals surface area contributed by atoms with Crippen molar-refractivity contribution in [1.29, 1.82) is 0 Å². The van der Waals surface area contributed by atoms with Gasteiger partial charge in [0.05, 0.1) is 22.7 Å². The second-order valence-corrected chi connectivity index (χ2v) is 15.8. The van der Waals surface area contributed by atoms with E-state index in [4.69, 9.17) is 4.42 Å². The van der Waals surface area contributed by atoms with Crippen LogP contribution in [0.25, 0.3) is 32.0 Å². The average molecular weight is 693 g/mol. The lowest BCUT2D eigenvalue weighted by Gasteiger charge is -2.31. The van der Waals surface area contributed by atoms with E-state index >= 15 is 0 Å². The monoisotopic (exact) mass is 692 g/mol. The first-order chi connectivity index (χ1) is 25.3. The number of fused-ring (bicyclic) bond motifs is 10. The highest BCUT2D eigenvalue weighted by Crippen LogP contribution is 2.67. The van der Waals surface area contributed by atoms with Crippen molar-refractivity contribution in [1.82, 2.24) is 0 Å². The van der Waals surface area contributed by atoms with Crippen LogP contribution in [0.3, 0.4) is 0 Å². The zero-order chi connectivity index (χ0) is 33.5. The number of anilines is 4. The first-order valence-electron chi connectivity index (χ1n) is 17.6. The van der Waals surface area contributed by atoms with Crippen LogP contribution < -0.4 is 9.80 Å². The number of benzene rings is 6. The van der Waals surface area contributed by atoms with Gasteiger partial charge in [-0.25, -0.2) is 0 Å². The van der Waals surface area contributed by atoms with Gasteiger partial charge in [0, 0.05) is 53.6 Å². The average Bonchev–Trinajstić information content (AvgIpc) is 3.94. The summed E-state index contributed by atoms with van der Waals surface area (Å²) in [6.07, 6.45) is 7.96. The van der Waals surface area contributed by atoms with Gasteiger partial charge in [-0.1, -0.05) is 109 Å². The Morgan fingerprint density at radius 2 is 1.45 bits per heavy atom. The lowest BCUT2D eigenvalue weighted by atomic mass is 9.91. The molecule has 11 rings (SSSR count). The number of thiophene rings is 1. The van der Waals surface area contributed by atoms with Crippen molar-refractivity contribution < 1.29 is 4.42 Å². The Kier molecular flexibility index (Phi) is 6.61. The topological polar surface area (TPSA) is 19.6 Å². The van der Waals surface area contributed by atoms with E-state index in [2.05, 4.69) is 168 Å². The van der Waals surface area contributed by atoms with E-state index in [9.17, 15) is 0 Å². The molecule has 0 N–H and O–H groups in total. The molecule has 4 heterocycles. The highest BCUT2D eigenvalue weighted by molar-refractivity contribution is 8.00. The predicted molar refractivity (Wildman–Crippen MR) is 215 cm³/mol. The third kappa shape index (κ3) is 4.51. The number of furan rings is 1. The maximum absolute atomic E-state index is 6.62. The van der Waals surface area contributed by atoms with Crippen LogP contribution in [-0.2, 0) is 0 Å². The molecule has 2 aliphatic heterocycles. The molecule has 0 fully saturated rings. The molecule has 3 nitrogen and oxygen atoms in total. The Morgan fingerprint density at radius 3 is 2.31 bits per heavy atom. The molecule has 0 amide bonds. The zero-order valence-electron chi connectivity index (χ0n) is 27.6. The lowest BCUT2D eigenvalue weighted by Crippen LogP contribution is -2.20. The minimum absolute atomic E-state index is 0.266. The smallest absolute Gasteiger partial charge is 0.159 e. The molecule has 0 saturated heterocycles. The van der Waals surface area contributed by atoms with E-state index in [1.54, 1.807) is 0 Å². The van der Waals surface area contributed by atoms with Gasteiger partial charge in [-0.05, 0) is 72.2 Å². The van der Waals surface area contributed by atoms with Gasteiger partial charge in [0.15, 0.2) is 5.58 Å². The van der Waals surface area contributed by atoms with Gasteiger partial charge in [-0.3, -0.25) is 0 Å². The molecule has 0 bridgehead atoms. The van der Waals surface area contributed by atoms with Crippen LogP contribution in [0.4, 0.5) is 22.7 Å². The molecule has 1 aliphatic carbocycles. The molecular weight excluding hydrogens is 661 g/mol. The highest BCUT2D eigenvalue weighted by atomic mass is 32.2. The van der Waals surface area contributed by atoms with Crippen LogP contribution >= 0.6 is 23.1 Å². The highest BCUT2D eigenvalue weighted by Gasteiger charge is 2.48. The summed E-state index contributed by atoms with van der Waals surface area (Å²) in [5.41, 5.74) is 10.5. The normalized spacial score (nSPS) is 19.0. The number of hydrogen-bond acceptors (Lipinski definition) is 5. The van der Waals surface area contributed by atoms with Crippen molar-refractivity contribution in [3.05, 3.63) is 186 Å². The second kappa shape index (κ2) is 11.5. The minimum atomic E-state index is 0.266. The van der Waals surface area contributed by atoms with Gasteiger partial charge in [-0.15, -0.1) is 23.1 Å². The fraction of sp³-hybridized carbons (Fsp3) is 0.0870. The second-order valence-electron chi connectivity index (χ2n) is 13.5. The Morgan fingerprint density at radius 1 is 0.686 bits per heavy atom. The molecule has 2 aromatic heterocycles. The molecule has 6 aromatic carbocycles. The van der Waals surface area contributed by atoms with Gasteiger partial charge in [0.2, 0.25) is 0 Å². The van der Waals surface area contributed by atoms with Gasteiger partial charge in [0.1, 0.15) is 5.58 Å². The standard InChI is InChI=1S/C46H32N2OS2/c1-2-11-29(12-3-1)30-21-23-31(24-22-30)47(38-17-10-16-35-34-13-4-7-18-39(34)49-44(35)38)32-25-27-33(28-26-32)48-42-36-14-5-8-19-40(36)50-45(42)46-43(48)37-15-6-9-20-41(37)51-46/h1-21,23-28,30,42,45H,22H2. The number of rotatable bonds is 5. The lowest BCUT2D eigenvalue weighted by molar-refractivity contribution is 0.668. The molecule has 3 aliphatic rings. The first-order valence-corrected chi connectivity index (χ1v) is 19.3. The number of allylic oxidation sites excluding steroid dienone is 3.